The second-order valence-corrected chi connectivity index (χ2v) is 5.07. The third-order valence-corrected chi connectivity index (χ3v) is 3.54. The van der Waals surface area contributed by atoms with E-state index in [9.17, 15) is 9.59 Å². The molecule has 1 saturated carbocycles. The molecule has 0 atom stereocenters. The number of carbonyl (C=O) groups is 2. The molecular formula is C15H19NO3. The molecule has 1 N–H and O–H groups in total. The van der Waals surface area contributed by atoms with Crippen molar-refractivity contribution in [2.75, 3.05) is 13.7 Å². The first kappa shape index (κ1) is 13.6. The molecule has 2 rings (SSSR count). The Morgan fingerprint density at radius 3 is 2.68 bits per heavy atom. The SMILES string of the molecule is COC(=O)C1(C(=O)NCCc2cccc(C)c2)CC1. The largest absolute Gasteiger partial charge is 0.468 e. The summed E-state index contributed by atoms with van der Waals surface area (Å²) in [6.45, 7) is 2.58. The average molecular weight is 261 g/mol. The lowest BCUT2D eigenvalue weighted by atomic mass is 10.1. The van der Waals surface area contributed by atoms with Crippen molar-refractivity contribution in [2.45, 2.75) is 26.2 Å². The zero-order valence-electron chi connectivity index (χ0n) is 11.4. The highest BCUT2D eigenvalue weighted by molar-refractivity contribution is 6.05. The molecule has 19 heavy (non-hydrogen) atoms. The molecule has 1 aromatic rings. The highest BCUT2D eigenvalue weighted by Crippen LogP contribution is 2.46. The van der Waals surface area contributed by atoms with E-state index in [-0.39, 0.29) is 5.91 Å². The third kappa shape index (κ3) is 2.95. The Morgan fingerprint density at radius 1 is 1.37 bits per heavy atom. The van der Waals surface area contributed by atoms with E-state index in [2.05, 4.69) is 16.1 Å². The Bertz CT molecular complexity index is 492. The Balaban J connectivity index is 1.83. The van der Waals surface area contributed by atoms with Gasteiger partial charge in [-0.2, -0.15) is 0 Å². The van der Waals surface area contributed by atoms with Crippen molar-refractivity contribution in [3.63, 3.8) is 0 Å². The van der Waals surface area contributed by atoms with Crippen LogP contribution in [0.25, 0.3) is 0 Å². The van der Waals surface area contributed by atoms with E-state index in [1.54, 1.807) is 0 Å². The minimum Gasteiger partial charge on any atom is -0.468 e. The maximum atomic E-state index is 12.0. The monoisotopic (exact) mass is 261 g/mol. The summed E-state index contributed by atoms with van der Waals surface area (Å²) in [7, 11) is 1.32. The normalized spacial score (nSPS) is 15.7. The number of carbonyl (C=O) groups excluding carboxylic acids is 2. The molecule has 1 aliphatic carbocycles. The lowest BCUT2D eigenvalue weighted by molar-refractivity contribution is -0.152. The first-order valence-electron chi connectivity index (χ1n) is 6.51. The van der Waals surface area contributed by atoms with Gasteiger partial charge in [-0.05, 0) is 31.7 Å². The number of hydrogen-bond acceptors (Lipinski definition) is 3. The van der Waals surface area contributed by atoms with Crippen LogP contribution in [0.5, 0.6) is 0 Å². The molecule has 0 spiro atoms. The number of aryl methyl sites for hydroxylation is 1. The first-order valence-corrected chi connectivity index (χ1v) is 6.51. The van der Waals surface area contributed by atoms with E-state index >= 15 is 0 Å². The molecule has 4 nitrogen and oxygen atoms in total. The van der Waals surface area contributed by atoms with E-state index < -0.39 is 11.4 Å². The van der Waals surface area contributed by atoms with Gasteiger partial charge in [0.15, 0.2) is 0 Å². The first-order chi connectivity index (χ1) is 9.08. The zero-order chi connectivity index (χ0) is 13.9. The van der Waals surface area contributed by atoms with Crippen molar-refractivity contribution < 1.29 is 14.3 Å². The van der Waals surface area contributed by atoms with E-state index in [4.69, 9.17) is 0 Å². The highest BCUT2D eigenvalue weighted by atomic mass is 16.5. The molecule has 0 radical (unpaired) electrons. The van der Waals surface area contributed by atoms with Crippen molar-refractivity contribution in [1.82, 2.24) is 5.32 Å². The number of amides is 1. The van der Waals surface area contributed by atoms with Crippen molar-refractivity contribution in [2.24, 2.45) is 5.41 Å². The van der Waals surface area contributed by atoms with Crippen LogP contribution in [0.2, 0.25) is 0 Å². The molecule has 0 aromatic heterocycles. The molecule has 0 bridgehead atoms. The van der Waals surface area contributed by atoms with Gasteiger partial charge in [0, 0.05) is 6.54 Å². The van der Waals surface area contributed by atoms with Crippen LogP contribution >= 0.6 is 0 Å². The van der Waals surface area contributed by atoms with Crippen LogP contribution in [0.1, 0.15) is 24.0 Å². The Morgan fingerprint density at radius 2 is 2.11 bits per heavy atom. The molecule has 1 amide bonds. The Labute approximate surface area is 113 Å². The van der Waals surface area contributed by atoms with Gasteiger partial charge in [-0.3, -0.25) is 9.59 Å². The van der Waals surface area contributed by atoms with Gasteiger partial charge in [-0.15, -0.1) is 0 Å². The standard InChI is InChI=1S/C15H19NO3/c1-11-4-3-5-12(10-11)6-9-16-13(17)15(7-8-15)14(18)19-2/h3-5,10H,6-9H2,1-2H3,(H,16,17). The fraction of sp³-hybridized carbons (Fsp3) is 0.467. The minimum atomic E-state index is -0.901. The lowest BCUT2D eigenvalue weighted by Crippen LogP contribution is -2.38. The van der Waals surface area contributed by atoms with E-state index in [1.807, 2.05) is 25.1 Å². The summed E-state index contributed by atoms with van der Waals surface area (Å²) in [6.07, 6.45) is 1.95. The van der Waals surface area contributed by atoms with Crippen molar-refractivity contribution in [3.8, 4) is 0 Å². The van der Waals surface area contributed by atoms with E-state index in [0.29, 0.717) is 19.4 Å². The number of hydrogen-bond donors (Lipinski definition) is 1. The summed E-state index contributed by atoms with van der Waals surface area (Å²) in [5, 5.41) is 2.83. The fourth-order valence-electron chi connectivity index (χ4n) is 2.20. The average Bonchev–Trinajstić information content (AvgIpc) is 3.19. The van der Waals surface area contributed by atoms with Gasteiger partial charge in [0.2, 0.25) is 5.91 Å². The van der Waals surface area contributed by atoms with Gasteiger partial charge >= 0.3 is 5.97 Å². The molecule has 4 heteroatoms. The van der Waals surface area contributed by atoms with Crippen LogP contribution in [0.15, 0.2) is 24.3 Å². The Kier molecular flexibility index (Phi) is 3.88. The second-order valence-electron chi connectivity index (χ2n) is 5.07. The number of methoxy groups -OCH3 is 1. The van der Waals surface area contributed by atoms with Crippen molar-refractivity contribution in [1.29, 1.82) is 0 Å². The van der Waals surface area contributed by atoms with E-state index in [1.165, 1.54) is 18.2 Å². The van der Waals surface area contributed by atoms with E-state index in [0.717, 1.165) is 6.42 Å². The number of rotatable bonds is 5. The lowest BCUT2D eigenvalue weighted by Gasteiger charge is -2.12. The fourth-order valence-corrected chi connectivity index (χ4v) is 2.20. The highest BCUT2D eigenvalue weighted by Gasteiger charge is 2.57. The summed E-state index contributed by atoms with van der Waals surface area (Å²) < 4.78 is 4.68. The molecule has 1 fully saturated rings. The van der Waals surface area contributed by atoms with Gasteiger partial charge < -0.3 is 10.1 Å². The Hall–Kier alpha value is -1.84. The van der Waals surface area contributed by atoms with Crippen molar-refractivity contribution in [3.05, 3.63) is 35.4 Å². The smallest absolute Gasteiger partial charge is 0.321 e. The molecule has 1 aliphatic rings. The maximum absolute atomic E-state index is 12.0. The molecule has 102 valence electrons. The molecule has 0 aliphatic heterocycles. The topological polar surface area (TPSA) is 55.4 Å². The zero-order valence-corrected chi connectivity index (χ0v) is 11.4. The minimum absolute atomic E-state index is 0.202. The molecule has 1 aromatic carbocycles. The quantitative estimate of drug-likeness (QED) is 0.647. The van der Waals surface area contributed by atoms with Gasteiger partial charge in [-0.1, -0.05) is 29.8 Å². The number of benzene rings is 1. The second kappa shape index (κ2) is 5.43. The summed E-state index contributed by atoms with van der Waals surface area (Å²) in [4.78, 5) is 23.5. The van der Waals surface area contributed by atoms with Gasteiger partial charge in [0.1, 0.15) is 5.41 Å². The molecule has 0 heterocycles. The summed E-state index contributed by atoms with van der Waals surface area (Å²) >= 11 is 0. The van der Waals surface area contributed by atoms with Crippen LogP contribution < -0.4 is 5.32 Å². The van der Waals surface area contributed by atoms with Crippen LogP contribution in [0.4, 0.5) is 0 Å². The molecule has 0 saturated heterocycles. The summed E-state index contributed by atoms with van der Waals surface area (Å²) in [6, 6.07) is 8.17. The predicted octanol–water partition coefficient (Wildman–Crippen LogP) is 1.61. The third-order valence-electron chi connectivity index (χ3n) is 3.54. The number of esters is 1. The van der Waals surface area contributed by atoms with Crippen molar-refractivity contribution >= 4 is 11.9 Å². The molecular weight excluding hydrogens is 242 g/mol. The van der Waals surface area contributed by atoms with Crippen LogP contribution in [0.3, 0.4) is 0 Å². The summed E-state index contributed by atoms with van der Waals surface area (Å²) in [5.74, 6) is -0.618. The van der Waals surface area contributed by atoms with Crippen LogP contribution in [0, 0.1) is 12.3 Å². The van der Waals surface area contributed by atoms with Gasteiger partial charge in [0.05, 0.1) is 7.11 Å². The van der Waals surface area contributed by atoms with Gasteiger partial charge in [-0.25, -0.2) is 0 Å². The number of ether oxygens (including phenoxy) is 1. The van der Waals surface area contributed by atoms with Gasteiger partial charge in [0.25, 0.3) is 0 Å². The maximum Gasteiger partial charge on any atom is 0.321 e. The van der Waals surface area contributed by atoms with Crippen LogP contribution in [-0.2, 0) is 20.7 Å². The predicted molar refractivity (Wildman–Crippen MR) is 71.6 cm³/mol. The van der Waals surface area contributed by atoms with Crippen LogP contribution in [-0.4, -0.2) is 25.5 Å². The number of nitrogens with one attached hydrogen (secondary N) is 1. The summed E-state index contributed by atoms with van der Waals surface area (Å²) in [5.41, 5.74) is 1.49. The molecule has 0 unspecified atom stereocenters.